The molecule has 180 valence electrons. The topological polar surface area (TPSA) is 92.3 Å². The van der Waals surface area contributed by atoms with Crippen LogP contribution >= 0.6 is 27.7 Å². The lowest BCUT2D eigenvalue weighted by molar-refractivity contribution is -0.479. The first kappa shape index (κ1) is 24.7. The van der Waals surface area contributed by atoms with E-state index in [2.05, 4.69) is 26.1 Å². The average Bonchev–Trinajstić information content (AvgIpc) is 3.23. The molecule has 0 aliphatic carbocycles. The third-order valence-corrected chi connectivity index (χ3v) is 6.95. The molecular weight excluding hydrogens is 532 g/mol. The molecule has 3 aromatic carbocycles. The van der Waals surface area contributed by atoms with Gasteiger partial charge in [0.2, 0.25) is 6.54 Å². The maximum atomic E-state index is 11.6. The Morgan fingerprint density at radius 3 is 2.46 bits per heavy atom. The van der Waals surface area contributed by atoms with Crippen molar-refractivity contribution >= 4 is 27.7 Å². The van der Waals surface area contributed by atoms with Crippen LogP contribution in [0.3, 0.4) is 0 Å². The summed E-state index contributed by atoms with van der Waals surface area (Å²) in [6.07, 6.45) is 0. The molecule has 0 fully saturated rings. The van der Waals surface area contributed by atoms with Gasteiger partial charge in [-0.2, -0.15) is 0 Å². The second-order valence-corrected chi connectivity index (χ2v) is 9.72. The van der Waals surface area contributed by atoms with E-state index in [1.54, 1.807) is 7.11 Å². The van der Waals surface area contributed by atoms with Crippen molar-refractivity contribution in [2.45, 2.75) is 23.9 Å². The van der Waals surface area contributed by atoms with Gasteiger partial charge in [0, 0.05) is 20.6 Å². The summed E-state index contributed by atoms with van der Waals surface area (Å²) < 4.78 is 14.2. The number of aromatic nitrogens is 3. The highest BCUT2D eigenvalue weighted by Gasteiger charge is 2.26. The maximum absolute atomic E-state index is 11.6. The third kappa shape index (κ3) is 6.20. The van der Waals surface area contributed by atoms with Gasteiger partial charge in [-0.15, -0.1) is 10.2 Å². The molecular formula is C25H23BrN4O4S. The molecule has 1 heterocycles. The van der Waals surface area contributed by atoms with Crippen LogP contribution in [0.5, 0.6) is 11.5 Å². The molecule has 0 bridgehead atoms. The number of benzene rings is 3. The summed E-state index contributed by atoms with van der Waals surface area (Å²) in [5.41, 5.74) is 2.57. The van der Waals surface area contributed by atoms with Crippen molar-refractivity contribution in [1.82, 2.24) is 14.8 Å². The van der Waals surface area contributed by atoms with E-state index in [1.807, 2.05) is 84.3 Å². The van der Waals surface area contributed by atoms with Gasteiger partial charge < -0.3 is 9.47 Å². The smallest absolute Gasteiger partial charge is 0.220 e. The van der Waals surface area contributed by atoms with Gasteiger partial charge in [0.1, 0.15) is 29.2 Å². The van der Waals surface area contributed by atoms with Crippen LogP contribution in [0.2, 0.25) is 0 Å². The fraction of sp³-hybridized carbons (Fsp3) is 0.200. The summed E-state index contributed by atoms with van der Waals surface area (Å²) in [5.74, 6) is 2.01. The third-order valence-electron chi connectivity index (χ3n) is 5.26. The molecule has 0 aliphatic rings. The predicted octanol–water partition coefficient (Wildman–Crippen LogP) is 6.04. The van der Waals surface area contributed by atoms with E-state index in [0.717, 1.165) is 27.0 Å². The molecule has 4 rings (SSSR count). The Hall–Kier alpha value is -3.37. The summed E-state index contributed by atoms with van der Waals surface area (Å²) in [7, 11) is 1.61. The van der Waals surface area contributed by atoms with Gasteiger partial charge in [0.25, 0.3) is 0 Å². The molecule has 0 radical (unpaired) electrons. The monoisotopic (exact) mass is 554 g/mol. The fourth-order valence-electron chi connectivity index (χ4n) is 3.53. The highest BCUT2D eigenvalue weighted by atomic mass is 79.9. The minimum Gasteiger partial charge on any atom is -0.497 e. The lowest BCUT2D eigenvalue weighted by Gasteiger charge is -2.18. The quantitative estimate of drug-likeness (QED) is 0.134. The van der Waals surface area contributed by atoms with Gasteiger partial charge in [-0.3, -0.25) is 14.7 Å². The van der Waals surface area contributed by atoms with Crippen LogP contribution in [0.1, 0.15) is 22.2 Å². The molecule has 0 amide bonds. The first-order valence-corrected chi connectivity index (χ1v) is 12.4. The Balaban J connectivity index is 1.63. The number of nitrogens with zero attached hydrogens (tertiary/aromatic N) is 4. The minimum atomic E-state index is -0.535. The number of para-hydroxylation sites is 1. The van der Waals surface area contributed by atoms with Crippen LogP contribution in [0, 0.1) is 17.0 Å². The summed E-state index contributed by atoms with van der Waals surface area (Å²) in [4.78, 5) is 11.3. The minimum absolute atomic E-state index is 0.294. The molecule has 0 aliphatic heterocycles. The molecule has 1 aromatic heterocycles. The van der Waals surface area contributed by atoms with E-state index in [-0.39, 0.29) is 11.5 Å². The number of methoxy groups -OCH3 is 1. The highest BCUT2D eigenvalue weighted by Crippen LogP contribution is 2.40. The van der Waals surface area contributed by atoms with Gasteiger partial charge in [-0.25, -0.2) is 0 Å². The number of rotatable bonds is 10. The van der Waals surface area contributed by atoms with Gasteiger partial charge >= 0.3 is 0 Å². The molecule has 0 unspecified atom stereocenters. The highest BCUT2D eigenvalue weighted by molar-refractivity contribution is 9.10. The van der Waals surface area contributed by atoms with Crippen molar-refractivity contribution in [3.63, 3.8) is 0 Å². The summed E-state index contributed by atoms with van der Waals surface area (Å²) in [6.45, 7) is 1.90. The van der Waals surface area contributed by atoms with Crippen molar-refractivity contribution in [2.75, 3.05) is 13.7 Å². The van der Waals surface area contributed by atoms with Gasteiger partial charge in [-0.05, 0) is 55.0 Å². The van der Waals surface area contributed by atoms with E-state index >= 15 is 0 Å². The number of thioether (sulfide) groups is 1. The Kier molecular flexibility index (Phi) is 8.04. The zero-order chi connectivity index (χ0) is 24.8. The summed E-state index contributed by atoms with van der Waals surface area (Å²) >= 11 is 4.72. The van der Waals surface area contributed by atoms with Crippen LogP contribution in [-0.4, -0.2) is 33.3 Å². The molecule has 0 saturated carbocycles. The fourth-order valence-corrected chi connectivity index (χ4v) is 5.00. The lowest BCUT2D eigenvalue weighted by atomic mass is 10.1. The lowest BCUT2D eigenvalue weighted by Crippen LogP contribution is -2.12. The maximum Gasteiger partial charge on any atom is 0.220 e. The van der Waals surface area contributed by atoms with E-state index in [1.165, 1.54) is 11.8 Å². The number of aryl methyl sites for hydroxylation is 1. The second kappa shape index (κ2) is 11.4. The van der Waals surface area contributed by atoms with Crippen LogP contribution in [0.25, 0.3) is 5.69 Å². The van der Waals surface area contributed by atoms with Crippen molar-refractivity contribution < 1.29 is 14.4 Å². The standard InChI is InChI=1S/C25H23BrN4O4S/c1-17-27-28-25(30(17)20-11-13-21(33-2)14-12-20)35-24(15-29(31)32)22-5-3-4-6-23(22)34-16-18-7-9-19(26)10-8-18/h3-14,24H,15-16H2,1-2H3/t24-/m0/s1. The largest absolute Gasteiger partial charge is 0.497 e. The van der Waals surface area contributed by atoms with E-state index in [4.69, 9.17) is 9.47 Å². The molecule has 0 saturated heterocycles. The summed E-state index contributed by atoms with van der Waals surface area (Å²) in [5, 5.41) is 20.2. The van der Waals surface area contributed by atoms with E-state index in [0.29, 0.717) is 23.3 Å². The second-order valence-electron chi connectivity index (χ2n) is 7.64. The van der Waals surface area contributed by atoms with Gasteiger partial charge in [0.15, 0.2) is 5.16 Å². The molecule has 8 nitrogen and oxygen atoms in total. The Morgan fingerprint density at radius 1 is 1.06 bits per heavy atom. The Labute approximate surface area is 215 Å². The Bertz CT molecular complexity index is 1300. The summed E-state index contributed by atoms with van der Waals surface area (Å²) in [6, 6.07) is 22.7. The van der Waals surface area contributed by atoms with Crippen molar-refractivity contribution in [3.05, 3.63) is 104 Å². The molecule has 35 heavy (non-hydrogen) atoms. The average molecular weight is 555 g/mol. The first-order valence-electron chi connectivity index (χ1n) is 10.8. The van der Waals surface area contributed by atoms with Crippen molar-refractivity contribution in [3.8, 4) is 17.2 Å². The van der Waals surface area contributed by atoms with Crippen LogP contribution in [0.15, 0.2) is 82.4 Å². The predicted molar refractivity (Wildman–Crippen MR) is 138 cm³/mol. The van der Waals surface area contributed by atoms with E-state index in [9.17, 15) is 10.1 Å². The first-order chi connectivity index (χ1) is 16.9. The number of ether oxygens (including phenoxy) is 2. The number of nitro groups is 1. The van der Waals surface area contributed by atoms with Gasteiger partial charge in [-0.1, -0.05) is 58.0 Å². The molecule has 0 N–H and O–H groups in total. The van der Waals surface area contributed by atoms with Crippen LogP contribution in [0.4, 0.5) is 0 Å². The zero-order valence-electron chi connectivity index (χ0n) is 19.1. The molecule has 4 aromatic rings. The number of hydrogen-bond donors (Lipinski definition) is 0. The molecule has 10 heteroatoms. The zero-order valence-corrected chi connectivity index (χ0v) is 21.5. The number of hydrogen-bond acceptors (Lipinski definition) is 7. The Morgan fingerprint density at radius 2 is 1.77 bits per heavy atom. The van der Waals surface area contributed by atoms with Crippen molar-refractivity contribution in [1.29, 1.82) is 0 Å². The molecule has 0 spiro atoms. The molecule has 1 atom stereocenters. The van der Waals surface area contributed by atoms with Gasteiger partial charge in [0.05, 0.1) is 7.11 Å². The van der Waals surface area contributed by atoms with Crippen LogP contribution < -0.4 is 9.47 Å². The van der Waals surface area contributed by atoms with Crippen molar-refractivity contribution in [2.24, 2.45) is 0 Å². The normalized spacial score (nSPS) is 11.7. The van der Waals surface area contributed by atoms with Crippen LogP contribution in [-0.2, 0) is 6.61 Å². The van der Waals surface area contributed by atoms with E-state index < -0.39 is 5.25 Å². The number of halogens is 1. The SMILES string of the molecule is COc1ccc(-n2c(C)nnc2S[C@@H](C[N+](=O)[O-])c2ccccc2OCc2ccc(Br)cc2)cc1.